The van der Waals surface area contributed by atoms with Crippen LogP contribution in [0.3, 0.4) is 0 Å². The number of sulfone groups is 1. The third-order valence-electron chi connectivity index (χ3n) is 4.10. The van der Waals surface area contributed by atoms with Gasteiger partial charge in [-0.05, 0) is 48.9 Å². The minimum absolute atomic E-state index is 0. The Hall–Kier alpha value is -1.89. The lowest BCUT2D eigenvalue weighted by molar-refractivity contribution is -0.117. The molecule has 0 radical (unpaired) electrons. The Kier molecular flexibility index (Phi) is 9.49. The fourth-order valence-electron chi connectivity index (χ4n) is 2.65. The molecule has 5 nitrogen and oxygen atoms in total. The Morgan fingerprint density at radius 1 is 1.04 bits per heavy atom. The van der Waals surface area contributed by atoms with Gasteiger partial charge >= 0.3 is 0 Å². The fraction of sp³-hybridized carbons (Fsp3) is 0.350. The standard InChI is InChI=1S/C20H26N2O3S.ClH/c1-26(24,25)14-13-19(21)20(23)22-18-12-6-11-17(15-18)10-5-9-16-7-3-2-4-8-16;/h2-4,6-8,11-12,15,19H,5,9-10,13-14,21H2,1H3,(H,22,23);1H. The Labute approximate surface area is 167 Å². The summed E-state index contributed by atoms with van der Waals surface area (Å²) in [6.45, 7) is 0. The number of aryl methyl sites for hydroxylation is 2. The normalized spacial score (nSPS) is 12.1. The van der Waals surface area contributed by atoms with E-state index in [2.05, 4.69) is 17.4 Å². The van der Waals surface area contributed by atoms with Crippen molar-refractivity contribution in [3.05, 3.63) is 65.7 Å². The van der Waals surface area contributed by atoms with Gasteiger partial charge in [0.25, 0.3) is 0 Å². The van der Waals surface area contributed by atoms with E-state index in [9.17, 15) is 13.2 Å². The van der Waals surface area contributed by atoms with Gasteiger partial charge in [-0.15, -0.1) is 12.4 Å². The van der Waals surface area contributed by atoms with E-state index in [-0.39, 0.29) is 30.5 Å². The van der Waals surface area contributed by atoms with Crippen LogP contribution in [0.2, 0.25) is 0 Å². The summed E-state index contributed by atoms with van der Waals surface area (Å²) in [6.07, 6.45) is 4.19. The second-order valence-electron chi connectivity index (χ2n) is 6.55. The summed E-state index contributed by atoms with van der Waals surface area (Å²) in [5.41, 5.74) is 8.92. The number of hydrogen-bond donors (Lipinski definition) is 2. The van der Waals surface area contributed by atoms with Gasteiger partial charge in [-0.3, -0.25) is 4.79 Å². The number of nitrogens with two attached hydrogens (primary N) is 1. The molecule has 0 aromatic heterocycles. The summed E-state index contributed by atoms with van der Waals surface area (Å²) < 4.78 is 22.4. The van der Waals surface area contributed by atoms with Crippen molar-refractivity contribution in [2.75, 3.05) is 17.3 Å². The predicted molar refractivity (Wildman–Crippen MR) is 113 cm³/mol. The average molecular weight is 411 g/mol. The summed E-state index contributed by atoms with van der Waals surface area (Å²) >= 11 is 0. The van der Waals surface area contributed by atoms with Gasteiger partial charge in [0.1, 0.15) is 9.84 Å². The Balaban J connectivity index is 0.00000364. The number of hydrogen-bond acceptors (Lipinski definition) is 4. The molecule has 1 amide bonds. The zero-order valence-electron chi connectivity index (χ0n) is 15.4. The van der Waals surface area contributed by atoms with Gasteiger partial charge in [-0.1, -0.05) is 42.5 Å². The van der Waals surface area contributed by atoms with Crippen molar-refractivity contribution in [1.82, 2.24) is 0 Å². The van der Waals surface area contributed by atoms with Crippen LogP contribution in [0.15, 0.2) is 54.6 Å². The van der Waals surface area contributed by atoms with E-state index in [1.807, 2.05) is 42.5 Å². The van der Waals surface area contributed by atoms with Crippen LogP contribution in [0, 0.1) is 0 Å². The molecule has 0 aliphatic rings. The summed E-state index contributed by atoms with van der Waals surface area (Å²) in [5.74, 6) is -0.462. The topological polar surface area (TPSA) is 89.3 Å². The lowest BCUT2D eigenvalue weighted by atomic mass is 10.0. The Bertz CT molecular complexity index is 826. The molecule has 0 aliphatic heterocycles. The van der Waals surface area contributed by atoms with Crippen molar-refractivity contribution in [1.29, 1.82) is 0 Å². The lowest BCUT2D eigenvalue weighted by Crippen LogP contribution is -2.37. The number of nitrogens with one attached hydrogen (secondary N) is 1. The molecule has 2 aromatic carbocycles. The van der Waals surface area contributed by atoms with Gasteiger partial charge in [0.15, 0.2) is 0 Å². The maximum Gasteiger partial charge on any atom is 0.241 e. The monoisotopic (exact) mass is 410 g/mol. The van der Waals surface area contributed by atoms with Gasteiger partial charge in [-0.25, -0.2) is 8.42 Å². The van der Waals surface area contributed by atoms with Crippen molar-refractivity contribution in [2.45, 2.75) is 31.7 Å². The van der Waals surface area contributed by atoms with E-state index in [1.165, 1.54) is 5.56 Å². The fourth-order valence-corrected chi connectivity index (χ4v) is 3.34. The molecule has 2 rings (SSSR count). The zero-order chi connectivity index (χ0) is 19.0. The number of rotatable bonds is 9. The molecular weight excluding hydrogens is 384 g/mol. The first-order valence-electron chi connectivity index (χ1n) is 8.70. The molecular formula is C20H27ClN2O3S. The Morgan fingerprint density at radius 3 is 2.33 bits per heavy atom. The third kappa shape index (κ3) is 9.04. The van der Waals surface area contributed by atoms with Crippen LogP contribution in [0.1, 0.15) is 24.0 Å². The van der Waals surface area contributed by atoms with Crippen LogP contribution in [0.4, 0.5) is 5.69 Å². The van der Waals surface area contributed by atoms with Gasteiger partial charge in [0.05, 0.1) is 11.8 Å². The maximum atomic E-state index is 12.1. The smallest absolute Gasteiger partial charge is 0.241 e. The van der Waals surface area contributed by atoms with Gasteiger partial charge in [-0.2, -0.15) is 0 Å². The van der Waals surface area contributed by atoms with Crippen molar-refractivity contribution in [3.63, 3.8) is 0 Å². The highest BCUT2D eigenvalue weighted by Gasteiger charge is 2.16. The highest BCUT2D eigenvalue weighted by atomic mass is 35.5. The molecule has 1 atom stereocenters. The van der Waals surface area contributed by atoms with E-state index in [4.69, 9.17) is 5.73 Å². The number of halogens is 1. The third-order valence-corrected chi connectivity index (χ3v) is 5.08. The van der Waals surface area contributed by atoms with E-state index < -0.39 is 15.9 Å². The summed E-state index contributed by atoms with van der Waals surface area (Å²) in [5, 5.41) is 2.77. The minimum atomic E-state index is -3.13. The number of carbonyl (C=O) groups excluding carboxylic acids is 1. The molecule has 0 bridgehead atoms. The molecule has 1 unspecified atom stereocenters. The van der Waals surface area contributed by atoms with Crippen molar-refractivity contribution >= 4 is 33.8 Å². The minimum Gasteiger partial charge on any atom is -0.325 e. The van der Waals surface area contributed by atoms with Gasteiger partial charge in [0.2, 0.25) is 5.91 Å². The zero-order valence-corrected chi connectivity index (χ0v) is 17.1. The number of anilines is 1. The highest BCUT2D eigenvalue weighted by Crippen LogP contribution is 2.14. The molecule has 0 aliphatic carbocycles. The van der Waals surface area contributed by atoms with E-state index >= 15 is 0 Å². The van der Waals surface area contributed by atoms with Crippen molar-refractivity contribution in [2.24, 2.45) is 5.73 Å². The summed E-state index contributed by atoms with van der Waals surface area (Å²) in [6, 6.07) is 17.2. The molecule has 3 N–H and O–H groups in total. The molecule has 2 aromatic rings. The molecule has 0 heterocycles. The van der Waals surface area contributed by atoms with Crippen LogP contribution in [0.25, 0.3) is 0 Å². The predicted octanol–water partition coefficient (Wildman–Crippen LogP) is 2.98. The van der Waals surface area contributed by atoms with E-state index in [0.29, 0.717) is 5.69 Å². The molecule has 7 heteroatoms. The quantitative estimate of drug-likeness (QED) is 0.665. The number of benzene rings is 2. The van der Waals surface area contributed by atoms with Crippen molar-refractivity contribution in [3.8, 4) is 0 Å². The first kappa shape index (κ1) is 23.1. The van der Waals surface area contributed by atoms with Crippen LogP contribution < -0.4 is 11.1 Å². The van der Waals surface area contributed by atoms with Crippen LogP contribution in [-0.2, 0) is 27.5 Å². The van der Waals surface area contributed by atoms with Crippen molar-refractivity contribution < 1.29 is 13.2 Å². The van der Waals surface area contributed by atoms with Crippen LogP contribution in [-0.4, -0.2) is 32.4 Å². The second-order valence-corrected chi connectivity index (χ2v) is 8.81. The van der Waals surface area contributed by atoms with E-state index in [1.54, 1.807) is 0 Å². The van der Waals surface area contributed by atoms with Crippen LogP contribution in [0.5, 0.6) is 0 Å². The van der Waals surface area contributed by atoms with Crippen LogP contribution >= 0.6 is 12.4 Å². The molecule has 27 heavy (non-hydrogen) atoms. The molecule has 0 saturated carbocycles. The van der Waals surface area contributed by atoms with E-state index in [0.717, 1.165) is 31.1 Å². The van der Waals surface area contributed by atoms with Gasteiger partial charge < -0.3 is 11.1 Å². The second kappa shape index (κ2) is 11.1. The molecule has 0 spiro atoms. The number of carbonyl (C=O) groups is 1. The average Bonchev–Trinajstić information content (AvgIpc) is 2.60. The first-order valence-corrected chi connectivity index (χ1v) is 10.8. The molecule has 0 fully saturated rings. The van der Waals surface area contributed by atoms with Gasteiger partial charge in [0, 0.05) is 11.9 Å². The molecule has 0 saturated heterocycles. The molecule has 148 valence electrons. The highest BCUT2D eigenvalue weighted by molar-refractivity contribution is 7.90. The number of amides is 1. The maximum absolute atomic E-state index is 12.1. The summed E-state index contributed by atoms with van der Waals surface area (Å²) in [7, 11) is -3.13. The first-order chi connectivity index (χ1) is 12.3. The Morgan fingerprint density at radius 2 is 1.67 bits per heavy atom. The lowest BCUT2D eigenvalue weighted by Gasteiger charge is -2.12. The SMILES string of the molecule is CS(=O)(=O)CCC(N)C(=O)Nc1cccc(CCCc2ccccc2)c1.Cl. The largest absolute Gasteiger partial charge is 0.325 e. The summed E-state index contributed by atoms with van der Waals surface area (Å²) in [4.78, 5) is 12.1.